The van der Waals surface area contributed by atoms with Crippen molar-refractivity contribution in [1.29, 1.82) is 0 Å². The average molecular weight is 419 g/mol. The van der Waals surface area contributed by atoms with Crippen LogP contribution in [-0.4, -0.2) is 49.0 Å². The van der Waals surface area contributed by atoms with Gasteiger partial charge in [-0.15, -0.1) is 0 Å². The molecule has 3 aromatic rings. The molecule has 29 heavy (non-hydrogen) atoms. The smallest absolute Gasteiger partial charge is 0.323 e. The zero-order valence-corrected chi connectivity index (χ0v) is 16.6. The van der Waals surface area contributed by atoms with E-state index < -0.39 is 0 Å². The second kappa shape index (κ2) is 8.80. The summed E-state index contributed by atoms with van der Waals surface area (Å²) in [7, 11) is 3.24. The van der Waals surface area contributed by atoms with Gasteiger partial charge in [0.25, 0.3) is 11.8 Å². The van der Waals surface area contributed by atoms with E-state index in [1.165, 1.54) is 7.11 Å². The quantitative estimate of drug-likeness (QED) is 0.386. The first-order chi connectivity index (χ1) is 13.8. The molecule has 2 amide bonds. The monoisotopic (exact) mass is 418 g/mol. The van der Waals surface area contributed by atoms with E-state index >= 15 is 0 Å². The molecule has 152 valence electrons. The van der Waals surface area contributed by atoms with Crippen molar-refractivity contribution < 1.29 is 19.2 Å². The van der Waals surface area contributed by atoms with E-state index in [4.69, 9.17) is 16.3 Å². The molecular formula is C19H21ClN5O4+. The van der Waals surface area contributed by atoms with Gasteiger partial charge in [0.05, 0.1) is 30.9 Å². The fraction of sp³-hybridized carbons (Fsp3) is 0.211. The van der Waals surface area contributed by atoms with E-state index in [1.807, 2.05) is 0 Å². The third kappa shape index (κ3) is 5.37. The molecule has 0 bridgehead atoms. The number of amides is 2. The maximum absolute atomic E-state index is 12.3. The highest BCUT2D eigenvalue weighted by Gasteiger charge is 2.16. The van der Waals surface area contributed by atoms with E-state index in [9.17, 15) is 14.4 Å². The van der Waals surface area contributed by atoms with Crippen LogP contribution in [0.15, 0.2) is 41.2 Å². The maximum Gasteiger partial charge on any atom is 0.323 e. The summed E-state index contributed by atoms with van der Waals surface area (Å²) in [6, 6.07) is 9.98. The Morgan fingerprint density at radius 1 is 1.03 bits per heavy atom. The van der Waals surface area contributed by atoms with Crippen molar-refractivity contribution in [3.8, 4) is 5.75 Å². The number of fused-ring (bicyclic) bond motifs is 1. The molecule has 1 unspecified atom stereocenters. The molecule has 1 aromatic heterocycles. The number of carbonyl (C=O) groups excluding carboxylic acids is 2. The molecule has 10 heteroatoms. The van der Waals surface area contributed by atoms with Crippen LogP contribution in [0.1, 0.15) is 0 Å². The van der Waals surface area contributed by atoms with E-state index in [1.54, 1.807) is 43.4 Å². The molecule has 0 saturated heterocycles. The summed E-state index contributed by atoms with van der Waals surface area (Å²) in [5.74, 6) is -0.0358. The van der Waals surface area contributed by atoms with Gasteiger partial charge < -0.3 is 30.2 Å². The Labute approximate surface area is 171 Å². The normalized spacial score (nSPS) is 11.8. The van der Waals surface area contributed by atoms with Gasteiger partial charge in [-0.25, -0.2) is 4.79 Å². The van der Waals surface area contributed by atoms with E-state index in [-0.39, 0.29) is 30.6 Å². The summed E-state index contributed by atoms with van der Waals surface area (Å²) < 4.78 is 5.20. The van der Waals surface area contributed by atoms with Crippen molar-refractivity contribution in [2.75, 3.05) is 37.9 Å². The molecular weight excluding hydrogens is 398 g/mol. The van der Waals surface area contributed by atoms with Gasteiger partial charge in [0.15, 0.2) is 13.1 Å². The maximum atomic E-state index is 12.3. The first-order valence-electron chi connectivity index (χ1n) is 8.80. The van der Waals surface area contributed by atoms with Crippen molar-refractivity contribution in [1.82, 2.24) is 9.97 Å². The second-order valence-corrected chi connectivity index (χ2v) is 7.03. The number of ether oxygens (including phenoxy) is 1. The number of benzene rings is 2. The molecule has 0 aliphatic rings. The Morgan fingerprint density at radius 2 is 1.72 bits per heavy atom. The minimum atomic E-state index is -0.310. The summed E-state index contributed by atoms with van der Waals surface area (Å²) in [5, 5.41) is 5.97. The lowest BCUT2D eigenvalue weighted by Gasteiger charge is -2.15. The van der Waals surface area contributed by atoms with Gasteiger partial charge in [0.1, 0.15) is 5.75 Å². The molecule has 9 nitrogen and oxygen atoms in total. The number of anilines is 2. The molecule has 0 radical (unpaired) electrons. The number of imidazole rings is 1. The van der Waals surface area contributed by atoms with Crippen LogP contribution in [-0.2, 0) is 9.59 Å². The Morgan fingerprint density at radius 3 is 2.45 bits per heavy atom. The number of hydrogen-bond acceptors (Lipinski definition) is 4. The number of methoxy groups -OCH3 is 1. The predicted molar refractivity (Wildman–Crippen MR) is 111 cm³/mol. The Bertz CT molecular complexity index is 1110. The SMILES string of the molecule is COc1ccc(Cl)cc1NC(=O)C[NH+](C)CC(=O)Nc1ccc2[nH]c(=O)[nH]c2c1. The minimum absolute atomic E-state index is 0.0766. The van der Waals surface area contributed by atoms with Gasteiger partial charge in [-0.1, -0.05) is 11.6 Å². The lowest BCUT2D eigenvalue weighted by molar-refractivity contribution is -0.862. The molecule has 5 N–H and O–H groups in total. The molecule has 1 heterocycles. The molecule has 0 aliphatic carbocycles. The zero-order chi connectivity index (χ0) is 21.0. The number of aromatic nitrogens is 2. The fourth-order valence-corrected chi connectivity index (χ4v) is 3.07. The van der Waals surface area contributed by atoms with Crippen LogP contribution in [0.3, 0.4) is 0 Å². The number of H-pyrrole nitrogens is 2. The number of carbonyl (C=O) groups is 2. The molecule has 0 aliphatic heterocycles. The molecule has 0 spiro atoms. The van der Waals surface area contributed by atoms with Crippen LogP contribution in [0, 0.1) is 0 Å². The predicted octanol–water partition coefficient (Wildman–Crippen LogP) is 0.610. The largest absolute Gasteiger partial charge is 0.495 e. The summed E-state index contributed by atoms with van der Waals surface area (Å²) in [5.41, 5.74) is 1.97. The Hall–Kier alpha value is -3.30. The Balaban J connectivity index is 1.54. The van der Waals surface area contributed by atoms with Gasteiger partial charge in [0, 0.05) is 10.7 Å². The van der Waals surface area contributed by atoms with Gasteiger partial charge in [-0.3, -0.25) is 9.59 Å². The van der Waals surface area contributed by atoms with Gasteiger partial charge in [-0.05, 0) is 36.4 Å². The van der Waals surface area contributed by atoms with E-state index in [2.05, 4.69) is 20.6 Å². The van der Waals surface area contributed by atoms with Crippen LogP contribution in [0.4, 0.5) is 11.4 Å². The first-order valence-corrected chi connectivity index (χ1v) is 9.18. The van der Waals surface area contributed by atoms with Crippen molar-refractivity contribution in [3.05, 3.63) is 51.9 Å². The number of aromatic amines is 2. The van der Waals surface area contributed by atoms with Crippen LogP contribution < -0.4 is 26.0 Å². The summed E-state index contributed by atoms with van der Waals surface area (Å²) in [6.45, 7) is 0.162. The number of rotatable bonds is 7. The van der Waals surface area contributed by atoms with Crippen molar-refractivity contribution >= 4 is 45.8 Å². The van der Waals surface area contributed by atoms with E-state index in [0.717, 1.165) is 0 Å². The molecule has 1 atom stereocenters. The number of nitrogens with one attached hydrogen (secondary N) is 5. The van der Waals surface area contributed by atoms with Crippen molar-refractivity contribution in [2.24, 2.45) is 0 Å². The lowest BCUT2D eigenvalue weighted by Crippen LogP contribution is -3.11. The van der Waals surface area contributed by atoms with Crippen LogP contribution >= 0.6 is 11.6 Å². The highest BCUT2D eigenvalue weighted by Crippen LogP contribution is 2.27. The standard InChI is InChI=1S/C19H20ClN5O4/c1-25(10-18(27)22-15-7-11(20)3-6-16(15)29-2)9-17(26)21-12-4-5-13-14(8-12)24-19(28)23-13/h3-8H,9-10H2,1-2H3,(H,21,26)(H,22,27)(H2,23,24,28)/p+1. The minimum Gasteiger partial charge on any atom is -0.495 e. The van der Waals surface area contributed by atoms with Gasteiger partial charge >= 0.3 is 5.69 Å². The van der Waals surface area contributed by atoms with Gasteiger partial charge in [-0.2, -0.15) is 0 Å². The number of likely N-dealkylation sites (N-methyl/N-ethyl adjacent to an activating group) is 1. The zero-order valence-electron chi connectivity index (χ0n) is 15.9. The Kier molecular flexibility index (Phi) is 6.20. The summed E-state index contributed by atoms with van der Waals surface area (Å²) in [4.78, 5) is 41.8. The highest BCUT2D eigenvalue weighted by molar-refractivity contribution is 6.31. The number of halogens is 1. The number of hydrogen-bond donors (Lipinski definition) is 5. The van der Waals surface area contributed by atoms with E-state index in [0.29, 0.717) is 38.1 Å². The molecule has 0 fully saturated rings. The second-order valence-electron chi connectivity index (χ2n) is 6.59. The average Bonchev–Trinajstić information content (AvgIpc) is 3.00. The van der Waals surface area contributed by atoms with Crippen molar-refractivity contribution in [3.63, 3.8) is 0 Å². The number of quaternary nitrogens is 1. The van der Waals surface area contributed by atoms with Crippen LogP contribution in [0.25, 0.3) is 11.0 Å². The van der Waals surface area contributed by atoms with Crippen LogP contribution in [0.5, 0.6) is 5.75 Å². The topological polar surface area (TPSA) is 121 Å². The molecule has 3 rings (SSSR count). The summed E-state index contributed by atoms with van der Waals surface area (Å²) in [6.07, 6.45) is 0. The highest BCUT2D eigenvalue weighted by atomic mass is 35.5. The van der Waals surface area contributed by atoms with Crippen molar-refractivity contribution in [2.45, 2.75) is 0 Å². The molecule has 0 saturated carbocycles. The van der Waals surface area contributed by atoms with Crippen LogP contribution in [0.2, 0.25) is 5.02 Å². The lowest BCUT2D eigenvalue weighted by atomic mass is 10.2. The fourth-order valence-electron chi connectivity index (χ4n) is 2.90. The first kappa shape index (κ1) is 20.4. The molecule has 2 aromatic carbocycles. The third-order valence-electron chi connectivity index (χ3n) is 4.16. The summed E-state index contributed by atoms with van der Waals surface area (Å²) >= 11 is 5.96. The van der Waals surface area contributed by atoms with Gasteiger partial charge in [0.2, 0.25) is 0 Å². The third-order valence-corrected chi connectivity index (χ3v) is 4.40.